The van der Waals surface area contributed by atoms with Crippen molar-refractivity contribution in [2.45, 2.75) is 25.1 Å². The number of rotatable bonds is 11. The summed E-state index contributed by atoms with van der Waals surface area (Å²) in [5, 5.41) is 16.8. The van der Waals surface area contributed by atoms with Crippen LogP contribution in [-0.4, -0.2) is 121 Å². The maximum absolute atomic E-state index is 13.7. The van der Waals surface area contributed by atoms with Crippen LogP contribution in [0.2, 0.25) is 5.02 Å². The van der Waals surface area contributed by atoms with Gasteiger partial charge in [-0.1, -0.05) is 48.0 Å². The van der Waals surface area contributed by atoms with E-state index in [0.717, 1.165) is 15.7 Å². The number of nitrogens with zero attached hydrogens (tertiary/aromatic N) is 2. The number of phosphoric ester groups is 1. The number of hydrogen-bond donors (Lipinski definition) is 5. The van der Waals surface area contributed by atoms with Crippen molar-refractivity contribution in [2.24, 2.45) is 0 Å². The molecular formula is C24H28ClFKN4O8P. The molecule has 2 aromatic carbocycles. The van der Waals surface area contributed by atoms with Crippen molar-refractivity contribution in [3.05, 3.63) is 71.1 Å². The molecule has 2 atom stereocenters. The number of aromatic nitrogens is 1. The van der Waals surface area contributed by atoms with Crippen LogP contribution in [0, 0.1) is 5.82 Å². The molecule has 0 aliphatic rings. The van der Waals surface area contributed by atoms with Gasteiger partial charge in [0.05, 0.1) is 23.8 Å². The van der Waals surface area contributed by atoms with E-state index in [1.807, 2.05) is 24.3 Å². The normalized spacial score (nSPS) is 12.7. The second-order valence-corrected chi connectivity index (χ2v) is 10.1. The summed E-state index contributed by atoms with van der Waals surface area (Å²) in [7, 11) is -3.49. The summed E-state index contributed by atoms with van der Waals surface area (Å²) in [6.45, 7) is -1.26. The molecule has 0 saturated heterocycles. The molecule has 0 saturated carbocycles. The first-order valence-corrected chi connectivity index (χ1v) is 13.4. The SMILES string of the molecule is CN(C(=O)NCc1cccc(F)c1Cl)[C@H](COC(=O)Nc1cc2ccccc2cn1)C[C@H](O)COP(=O)(O)O.[KH]. The number of likely N-dealkylation sites (N-methyl/N-ethyl adjacent to an activating group) is 1. The molecule has 40 heavy (non-hydrogen) atoms. The predicted molar refractivity (Wildman–Crippen MR) is 148 cm³/mol. The van der Waals surface area contributed by atoms with Crippen LogP contribution >= 0.6 is 19.4 Å². The Kier molecular flexibility index (Phi) is 13.9. The monoisotopic (exact) mass is 624 g/mol. The van der Waals surface area contributed by atoms with Crippen molar-refractivity contribution >= 4 is 99.5 Å². The van der Waals surface area contributed by atoms with Gasteiger partial charge in [0, 0.05) is 25.2 Å². The molecule has 0 bridgehead atoms. The zero-order valence-corrected chi connectivity index (χ0v) is 22.3. The second-order valence-electron chi connectivity index (χ2n) is 8.45. The van der Waals surface area contributed by atoms with Gasteiger partial charge in [-0.15, -0.1) is 0 Å². The number of halogens is 2. The third kappa shape index (κ3) is 10.9. The number of ether oxygens (including phenoxy) is 1. The molecule has 5 N–H and O–H groups in total. The zero-order valence-electron chi connectivity index (χ0n) is 20.7. The van der Waals surface area contributed by atoms with Gasteiger partial charge >= 0.3 is 71.3 Å². The van der Waals surface area contributed by atoms with Crippen molar-refractivity contribution in [2.75, 3.05) is 25.6 Å². The molecule has 0 spiro atoms. The van der Waals surface area contributed by atoms with Gasteiger partial charge in [0.15, 0.2) is 0 Å². The number of aliphatic hydroxyl groups excluding tert-OH is 1. The summed E-state index contributed by atoms with van der Waals surface area (Å²) in [6.07, 6.45) is -1.01. The number of fused-ring (bicyclic) bond motifs is 1. The number of pyridine rings is 1. The van der Waals surface area contributed by atoms with Crippen molar-refractivity contribution in [1.29, 1.82) is 0 Å². The van der Waals surface area contributed by atoms with Gasteiger partial charge in [-0.25, -0.2) is 23.5 Å². The number of benzene rings is 2. The van der Waals surface area contributed by atoms with Crippen molar-refractivity contribution in [1.82, 2.24) is 15.2 Å². The van der Waals surface area contributed by atoms with Gasteiger partial charge in [0.25, 0.3) is 0 Å². The van der Waals surface area contributed by atoms with Crippen LogP contribution in [0.1, 0.15) is 12.0 Å². The first kappa shape index (κ1) is 34.5. The molecule has 3 amide bonds. The van der Waals surface area contributed by atoms with Crippen molar-refractivity contribution < 1.29 is 42.7 Å². The topological polar surface area (TPSA) is 171 Å². The minimum atomic E-state index is -4.85. The fourth-order valence-electron chi connectivity index (χ4n) is 3.51. The zero-order chi connectivity index (χ0) is 28.6. The molecule has 3 rings (SSSR count). The Labute approximate surface area is 276 Å². The van der Waals surface area contributed by atoms with Gasteiger partial charge in [0.1, 0.15) is 18.2 Å². The first-order valence-electron chi connectivity index (χ1n) is 11.5. The van der Waals surface area contributed by atoms with Crippen LogP contribution in [0.3, 0.4) is 0 Å². The van der Waals surface area contributed by atoms with E-state index in [0.29, 0.717) is 5.56 Å². The number of urea groups is 1. The molecule has 16 heteroatoms. The molecular weight excluding hydrogens is 597 g/mol. The van der Waals surface area contributed by atoms with Gasteiger partial charge in [-0.2, -0.15) is 0 Å². The molecule has 0 aliphatic heterocycles. The number of hydrogen-bond acceptors (Lipinski definition) is 7. The first-order chi connectivity index (χ1) is 18.4. The molecule has 1 heterocycles. The van der Waals surface area contributed by atoms with Crippen molar-refractivity contribution in [3.8, 4) is 0 Å². The number of amides is 3. The minimum absolute atomic E-state index is 0. The molecule has 0 fully saturated rings. The summed E-state index contributed by atoms with van der Waals surface area (Å²) in [5.41, 5.74) is 0.323. The number of nitrogens with one attached hydrogen (secondary N) is 2. The molecule has 0 unspecified atom stereocenters. The molecule has 0 aliphatic carbocycles. The molecule has 12 nitrogen and oxygen atoms in total. The number of phosphoric acid groups is 1. The van der Waals surface area contributed by atoms with E-state index in [4.69, 9.17) is 26.1 Å². The van der Waals surface area contributed by atoms with E-state index in [1.165, 1.54) is 25.2 Å². The third-order valence-corrected chi connectivity index (χ3v) is 6.49. The average molecular weight is 625 g/mol. The van der Waals surface area contributed by atoms with E-state index in [2.05, 4.69) is 20.1 Å². The summed E-state index contributed by atoms with van der Waals surface area (Å²) < 4.78 is 34.2. The Balaban J connectivity index is 0.00000560. The van der Waals surface area contributed by atoms with Crippen molar-refractivity contribution in [3.63, 3.8) is 0 Å². The van der Waals surface area contributed by atoms with E-state index < -0.39 is 51.1 Å². The van der Waals surface area contributed by atoms with Crippen LogP contribution in [-0.2, 0) is 20.4 Å². The Hall–Kier alpha value is -1.68. The number of aliphatic hydroxyl groups is 1. The van der Waals surface area contributed by atoms with Gasteiger partial charge < -0.3 is 29.8 Å². The summed E-state index contributed by atoms with van der Waals surface area (Å²) in [6, 6.07) is 11.5. The maximum atomic E-state index is 13.7. The standard InChI is InChI=1S/C24H27ClFN4O8P.K.H/c1-30(23(32)28-12-17-7-4-8-20(26)22(17)25)18(10-19(31)14-38-39(34,35)36)13-37-24(33)29-21-9-15-5-2-3-6-16(15)11-27-21;;/h2-9,11,18-19,31H,10,12-14H2,1H3,(H,28,32)(H,27,29,33)(H2,34,35,36);;/t18-,19-;;/m0../s1. The Morgan fingerprint density at radius 2 is 1.85 bits per heavy atom. The fourth-order valence-corrected chi connectivity index (χ4v) is 4.07. The quantitative estimate of drug-likeness (QED) is 0.159. The number of carbonyl (C=O) groups excluding carboxylic acids is 2. The van der Waals surface area contributed by atoms with E-state index in [9.17, 15) is 23.7 Å². The van der Waals surface area contributed by atoms with E-state index in [1.54, 1.807) is 12.3 Å². The average Bonchev–Trinajstić information content (AvgIpc) is 2.89. The molecule has 1 aromatic heterocycles. The predicted octanol–water partition coefficient (Wildman–Crippen LogP) is 3.00. The van der Waals surface area contributed by atoms with Crippen LogP contribution in [0.25, 0.3) is 10.8 Å². The van der Waals surface area contributed by atoms with Crippen LogP contribution in [0.4, 0.5) is 19.8 Å². The van der Waals surface area contributed by atoms with Gasteiger partial charge in [-0.05, 0) is 29.5 Å². The van der Waals surface area contributed by atoms with Crippen LogP contribution in [0.15, 0.2) is 54.7 Å². The van der Waals surface area contributed by atoms with Gasteiger partial charge in [0.2, 0.25) is 0 Å². The molecule has 212 valence electrons. The van der Waals surface area contributed by atoms with E-state index >= 15 is 0 Å². The van der Waals surface area contributed by atoms with Crippen LogP contribution in [0.5, 0.6) is 0 Å². The van der Waals surface area contributed by atoms with Gasteiger partial charge in [-0.3, -0.25) is 9.84 Å². The fraction of sp³-hybridized carbons (Fsp3) is 0.292. The summed E-state index contributed by atoms with van der Waals surface area (Å²) >= 11 is 5.92. The second kappa shape index (κ2) is 16.1. The van der Waals surface area contributed by atoms with E-state index in [-0.39, 0.29) is 75.2 Å². The Bertz CT molecular complexity index is 1370. The Morgan fingerprint density at radius 1 is 1.15 bits per heavy atom. The third-order valence-electron chi connectivity index (χ3n) is 5.58. The number of anilines is 1. The van der Waals surface area contributed by atoms with Crippen LogP contribution < -0.4 is 10.6 Å². The number of carbonyl (C=O) groups is 2. The summed E-state index contributed by atoms with van der Waals surface area (Å²) in [4.78, 5) is 48.3. The molecule has 3 aromatic rings. The Morgan fingerprint density at radius 3 is 2.55 bits per heavy atom. The summed E-state index contributed by atoms with van der Waals surface area (Å²) in [5.74, 6) is -0.425. The molecule has 0 radical (unpaired) electrons.